The van der Waals surface area contributed by atoms with E-state index in [0.29, 0.717) is 11.4 Å². The first kappa shape index (κ1) is 9.79. The van der Waals surface area contributed by atoms with Gasteiger partial charge in [-0.3, -0.25) is 0 Å². The van der Waals surface area contributed by atoms with Crippen LogP contribution in [0, 0.1) is 11.6 Å². The molecule has 2 aromatic rings. The van der Waals surface area contributed by atoms with E-state index >= 15 is 0 Å². The van der Waals surface area contributed by atoms with Gasteiger partial charge in [-0.25, -0.2) is 13.5 Å². The van der Waals surface area contributed by atoms with E-state index in [1.807, 2.05) is 0 Å². The molecule has 0 bridgehead atoms. The van der Waals surface area contributed by atoms with Crippen molar-refractivity contribution < 1.29 is 13.9 Å². The normalized spacial score (nSPS) is 10.6. The third kappa shape index (κ3) is 1.87. The summed E-state index contributed by atoms with van der Waals surface area (Å²) in [5.41, 5.74) is 0.883. The van der Waals surface area contributed by atoms with Crippen LogP contribution in [-0.2, 0) is 6.61 Å². The Morgan fingerprint density at radius 1 is 1.20 bits per heavy atom. The summed E-state index contributed by atoms with van der Waals surface area (Å²) in [5.74, 6) is -1.82. The average molecular weight is 210 g/mol. The van der Waals surface area contributed by atoms with Gasteiger partial charge in [-0.15, -0.1) is 0 Å². The van der Waals surface area contributed by atoms with Crippen molar-refractivity contribution in [3.63, 3.8) is 0 Å². The standard InChI is InChI=1S/C10H8F2N2O/c11-9-2-1-8(5-10(9)12)14-4-3-7(6-15)13-14/h1-5,15H,6H2. The smallest absolute Gasteiger partial charge is 0.160 e. The van der Waals surface area contributed by atoms with Gasteiger partial charge in [0.15, 0.2) is 11.6 Å². The van der Waals surface area contributed by atoms with Crippen molar-refractivity contribution >= 4 is 0 Å². The molecule has 0 saturated heterocycles. The van der Waals surface area contributed by atoms with Crippen LogP contribution in [-0.4, -0.2) is 14.9 Å². The molecular formula is C10H8F2N2O. The predicted molar refractivity (Wildman–Crippen MR) is 49.4 cm³/mol. The molecule has 0 spiro atoms. The van der Waals surface area contributed by atoms with Gasteiger partial charge in [0, 0.05) is 12.3 Å². The highest BCUT2D eigenvalue weighted by Crippen LogP contribution is 2.12. The van der Waals surface area contributed by atoms with Crippen LogP contribution in [0.1, 0.15) is 5.69 Å². The van der Waals surface area contributed by atoms with E-state index < -0.39 is 11.6 Å². The number of aliphatic hydroxyl groups excluding tert-OH is 1. The Morgan fingerprint density at radius 2 is 2.00 bits per heavy atom. The highest BCUT2D eigenvalue weighted by molar-refractivity contribution is 5.31. The first-order valence-corrected chi connectivity index (χ1v) is 4.31. The van der Waals surface area contributed by atoms with Crippen molar-refractivity contribution in [2.24, 2.45) is 0 Å². The number of aromatic nitrogens is 2. The van der Waals surface area contributed by atoms with E-state index in [4.69, 9.17) is 5.11 Å². The quantitative estimate of drug-likeness (QED) is 0.818. The Balaban J connectivity index is 2.40. The maximum absolute atomic E-state index is 12.9. The predicted octanol–water partition coefficient (Wildman–Crippen LogP) is 1.64. The zero-order valence-corrected chi connectivity index (χ0v) is 7.69. The minimum absolute atomic E-state index is 0.184. The summed E-state index contributed by atoms with van der Waals surface area (Å²) in [6, 6.07) is 5.09. The summed E-state index contributed by atoms with van der Waals surface area (Å²) >= 11 is 0. The molecule has 1 heterocycles. The van der Waals surface area contributed by atoms with Gasteiger partial charge in [0.2, 0.25) is 0 Å². The highest BCUT2D eigenvalue weighted by Gasteiger charge is 2.05. The largest absolute Gasteiger partial charge is 0.390 e. The molecule has 5 heteroatoms. The zero-order valence-electron chi connectivity index (χ0n) is 7.69. The molecule has 0 aliphatic carbocycles. The molecule has 1 aromatic carbocycles. The van der Waals surface area contributed by atoms with Crippen molar-refractivity contribution in [2.45, 2.75) is 6.61 Å². The lowest BCUT2D eigenvalue weighted by Crippen LogP contribution is -1.97. The SMILES string of the molecule is OCc1ccn(-c2ccc(F)c(F)c2)n1. The van der Waals surface area contributed by atoms with Crippen LogP contribution in [0.2, 0.25) is 0 Å². The number of halogens is 2. The Labute approximate surface area is 84.6 Å². The Bertz CT molecular complexity index is 482. The first-order valence-electron chi connectivity index (χ1n) is 4.31. The second-order valence-electron chi connectivity index (χ2n) is 3.01. The van der Waals surface area contributed by atoms with Crippen LogP contribution < -0.4 is 0 Å². The van der Waals surface area contributed by atoms with Crippen LogP contribution >= 0.6 is 0 Å². The van der Waals surface area contributed by atoms with E-state index in [9.17, 15) is 8.78 Å². The summed E-state index contributed by atoms with van der Waals surface area (Å²) in [4.78, 5) is 0. The van der Waals surface area contributed by atoms with Crippen molar-refractivity contribution in [3.05, 3.63) is 47.8 Å². The topological polar surface area (TPSA) is 38.0 Å². The van der Waals surface area contributed by atoms with E-state index in [-0.39, 0.29) is 6.61 Å². The molecule has 78 valence electrons. The molecule has 0 atom stereocenters. The summed E-state index contributed by atoms with van der Waals surface area (Å²) in [5, 5.41) is 12.7. The molecule has 1 N–H and O–H groups in total. The second-order valence-corrected chi connectivity index (χ2v) is 3.01. The number of hydrogen-bond donors (Lipinski definition) is 1. The molecule has 0 radical (unpaired) electrons. The van der Waals surface area contributed by atoms with Gasteiger partial charge in [-0.05, 0) is 18.2 Å². The Kier molecular flexibility index (Phi) is 2.47. The Morgan fingerprint density at radius 3 is 2.60 bits per heavy atom. The fraction of sp³-hybridized carbons (Fsp3) is 0.100. The maximum atomic E-state index is 12.9. The number of nitrogens with zero attached hydrogens (tertiary/aromatic N) is 2. The third-order valence-electron chi connectivity index (χ3n) is 1.97. The molecule has 15 heavy (non-hydrogen) atoms. The number of rotatable bonds is 2. The molecule has 0 unspecified atom stereocenters. The van der Waals surface area contributed by atoms with Gasteiger partial charge in [0.1, 0.15) is 0 Å². The third-order valence-corrected chi connectivity index (χ3v) is 1.97. The number of benzene rings is 1. The fourth-order valence-corrected chi connectivity index (χ4v) is 1.22. The summed E-state index contributed by atoms with van der Waals surface area (Å²) < 4.78 is 26.9. The van der Waals surface area contributed by atoms with Gasteiger partial charge < -0.3 is 5.11 Å². The van der Waals surface area contributed by atoms with Gasteiger partial charge in [0.05, 0.1) is 18.0 Å². The van der Waals surface area contributed by atoms with Gasteiger partial charge in [-0.2, -0.15) is 5.10 Å². The van der Waals surface area contributed by atoms with Crippen molar-refractivity contribution in [1.82, 2.24) is 9.78 Å². The molecule has 3 nitrogen and oxygen atoms in total. The number of hydrogen-bond acceptors (Lipinski definition) is 2. The molecular weight excluding hydrogens is 202 g/mol. The molecule has 1 aromatic heterocycles. The summed E-state index contributed by atoms with van der Waals surface area (Å²) in [7, 11) is 0. The molecule has 2 rings (SSSR count). The second kappa shape index (κ2) is 3.78. The lowest BCUT2D eigenvalue weighted by atomic mass is 10.3. The van der Waals surface area contributed by atoms with E-state index in [0.717, 1.165) is 12.1 Å². The molecule has 0 aliphatic heterocycles. The number of aliphatic hydroxyl groups is 1. The highest BCUT2D eigenvalue weighted by atomic mass is 19.2. The van der Waals surface area contributed by atoms with Crippen LogP contribution in [0.3, 0.4) is 0 Å². The fourth-order valence-electron chi connectivity index (χ4n) is 1.22. The lowest BCUT2D eigenvalue weighted by molar-refractivity contribution is 0.276. The van der Waals surface area contributed by atoms with Crippen LogP contribution in [0.25, 0.3) is 5.69 Å². The van der Waals surface area contributed by atoms with Gasteiger partial charge in [0.25, 0.3) is 0 Å². The van der Waals surface area contributed by atoms with Crippen LogP contribution in [0.5, 0.6) is 0 Å². The van der Waals surface area contributed by atoms with Crippen LogP contribution in [0.15, 0.2) is 30.5 Å². The molecule has 0 aliphatic rings. The first-order chi connectivity index (χ1) is 7.20. The van der Waals surface area contributed by atoms with Gasteiger partial charge >= 0.3 is 0 Å². The minimum atomic E-state index is -0.923. The van der Waals surface area contributed by atoms with Crippen molar-refractivity contribution in [3.8, 4) is 5.69 Å². The summed E-state index contributed by atoms with van der Waals surface area (Å²) in [6.45, 7) is -0.184. The van der Waals surface area contributed by atoms with Crippen LogP contribution in [0.4, 0.5) is 8.78 Å². The molecule has 0 fully saturated rings. The zero-order chi connectivity index (χ0) is 10.8. The molecule has 0 saturated carbocycles. The van der Waals surface area contributed by atoms with E-state index in [1.165, 1.54) is 10.7 Å². The minimum Gasteiger partial charge on any atom is -0.390 e. The van der Waals surface area contributed by atoms with E-state index in [2.05, 4.69) is 5.10 Å². The van der Waals surface area contributed by atoms with Gasteiger partial charge in [-0.1, -0.05) is 0 Å². The maximum Gasteiger partial charge on any atom is 0.160 e. The Hall–Kier alpha value is -1.75. The summed E-state index contributed by atoms with van der Waals surface area (Å²) in [6.07, 6.45) is 1.57. The lowest BCUT2D eigenvalue weighted by Gasteiger charge is -2.01. The van der Waals surface area contributed by atoms with E-state index in [1.54, 1.807) is 12.3 Å². The van der Waals surface area contributed by atoms with Crippen molar-refractivity contribution in [1.29, 1.82) is 0 Å². The van der Waals surface area contributed by atoms with Crippen molar-refractivity contribution in [2.75, 3.05) is 0 Å². The monoisotopic (exact) mass is 210 g/mol. The molecule has 0 amide bonds. The average Bonchev–Trinajstić information content (AvgIpc) is 2.70.